The smallest absolute Gasteiger partial charge is 0.343 e. The van der Waals surface area contributed by atoms with Gasteiger partial charge in [0.2, 0.25) is 15.9 Å². The van der Waals surface area contributed by atoms with E-state index in [4.69, 9.17) is 5.14 Å². The number of halogens is 3. The number of anilines is 1. The third kappa shape index (κ3) is 8.15. The number of carbonyl (C=O) groups excluding carboxylic acids is 2. The summed E-state index contributed by atoms with van der Waals surface area (Å²) in [5, 5.41) is 9.67. The van der Waals surface area contributed by atoms with Crippen LogP contribution in [0.2, 0.25) is 0 Å². The van der Waals surface area contributed by atoms with Crippen LogP contribution >= 0.6 is 0 Å². The fraction of sp³-hybridized carbons (Fsp3) is 0.333. The Hall–Kier alpha value is -2.96. The van der Waals surface area contributed by atoms with E-state index in [-0.39, 0.29) is 22.9 Å². The fourth-order valence-electron chi connectivity index (χ4n) is 2.97. The molecule has 0 bridgehead atoms. The summed E-state index contributed by atoms with van der Waals surface area (Å²) in [6.07, 6.45) is -4.49. The summed E-state index contributed by atoms with van der Waals surface area (Å²) in [5.41, 5.74) is 2.53. The van der Waals surface area contributed by atoms with E-state index >= 15 is 0 Å². The van der Waals surface area contributed by atoms with Crippen LogP contribution in [0.25, 0.3) is 0 Å². The molecule has 0 aliphatic rings. The van der Waals surface area contributed by atoms with Crippen LogP contribution in [0, 0.1) is 13.8 Å². The first-order chi connectivity index (χ1) is 15.2. The van der Waals surface area contributed by atoms with Gasteiger partial charge in [-0.1, -0.05) is 12.1 Å². The summed E-state index contributed by atoms with van der Waals surface area (Å²) in [5.74, 6) is -1.21. The number of likely N-dealkylation sites (N-methyl/N-ethyl adjacent to an activating group) is 1. The van der Waals surface area contributed by atoms with Gasteiger partial charge in [0.25, 0.3) is 5.91 Å². The molecule has 0 spiro atoms. The second-order valence-corrected chi connectivity index (χ2v) is 9.23. The molecule has 8 nitrogen and oxygen atoms in total. The number of nitrogens with one attached hydrogen (secondary N) is 2. The number of nitrogens with two attached hydrogens (primary N) is 1. The van der Waals surface area contributed by atoms with E-state index in [1.807, 2.05) is 0 Å². The molecule has 180 valence electrons. The maximum absolute atomic E-state index is 12.5. The Balaban J connectivity index is 1.97. The van der Waals surface area contributed by atoms with Crippen molar-refractivity contribution < 1.29 is 31.2 Å². The van der Waals surface area contributed by atoms with E-state index in [1.165, 1.54) is 24.3 Å². The lowest BCUT2D eigenvalue weighted by Gasteiger charge is -2.18. The van der Waals surface area contributed by atoms with Gasteiger partial charge in [0.1, 0.15) is 6.54 Å². The molecule has 0 aliphatic heterocycles. The highest BCUT2D eigenvalue weighted by atomic mass is 32.2. The number of aryl methyl sites for hydroxylation is 1. The van der Waals surface area contributed by atoms with Crippen LogP contribution in [0.4, 0.5) is 18.9 Å². The summed E-state index contributed by atoms with van der Waals surface area (Å²) < 4.78 is 59.9. The maximum Gasteiger partial charge on any atom is 0.405 e. The van der Waals surface area contributed by atoms with Gasteiger partial charge < -0.3 is 10.6 Å². The molecule has 2 amide bonds. The van der Waals surface area contributed by atoms with Gasteiger partial charge in [-0.15, -0.1) is 0 Å². The minimum absolute atomic E-state index is 0.0219. The molecule has 0 aliphatic carbocycles. The van der Waals surface area contributed by atoms with Gasteiger partial charge in [-0.05, 0) is 61.9 Å². The minimum atomic E-state index is -4.49. The van der Waals surface area contributed by atoms with Crippen molar-refractivity contribution in [3.8, 4) is 0 Å². The molecule has 0 radical (unpaired) electrons. The van der Waals surface area contributed by atoms with Crippen molar-refractivity contribution in [2.24, 2.45) is 5.14 Å². The fourth-order valence-corrected chi connectivity index (χ4v) is 3.59. The van der Waals surface area contributed by atoms with E-state index in [1.54, 1.807) is 43.2 Å². The number of primary sulfonamides is 1. The second-order valence-electron chi connectivity index (χ2n) is 7.67. The molecule has 12 heteroatoms. The van der Waals surface area contributed by atoms with Crippen molar-refractivity contribution in [3.63, 3.8) is 0 Å². The van der Waals surface area contributed by atoms with Gasteiger partial charge in [-0.2, -0.15) is 13.2 Å². The first kappa shape index (κ1) is 26.3. The summed E-state index contributed by atoms with van der Waals surface area (Å²) in [7, 11) is -2.25. The first-order valence-corrected chi connectivity index (χ1v) is 11.3. The predicted octanol–water partition coefficient (Wildman–Crippen LogP) is 2.31. The van der Waals surface area contributed by atoms with Crippen molar-refractivity contribution in [1.82, 2.24) is 10.2 Å². The monoisotopic (exact) mass is 486 g/mol. The van der Waals surface area contributed by atoms with Crippen molar-refractivity contribution in [2.45, 2.75) is 31.5 Å². The normalized spacial score (nSPS) is 12.0. The van der Waals surface area contributed by atoms with Crippen LogP contribution in [0.5, 0.6) is 0 Å². The number of sulfonamides is 1. The van der Waals surface area contributed by atoms with Crippen LogP contribution in [0.1, 0.15) is 27.0 Å². The Morgan fingerprint density at radius 1 is 1.09 bits per heavy atom. The van der Waals surface area contributed by atoms with E-state index in [9.17, 15) is 31.2 Å². The average Bonchev–Trinajstić information content (AvgIpc) is 2.68. The second kappa shape index (κ2) is 10.3. The SMILES string of the molecule is Cc1cc(S(N)(=O)=O)cc(NC(=O)CN(C)Cc2ccc(C(=O)NCC(F)(F)F)cc2)c1C. The van der Waals surface area contributed by atoms with E-state index in [0.29, 0.717) is 23.4 Å². The standard InChI is InChI=1S/C21H25F3N4O4S/c1-13-8-17(33(25,31)32)9-18(14(13)2)27-19(29)11-28(3)10-15-4-6-16(7-5-15)20(30)26-12-21(22,23)24/h4-9H,10-12H2,1-3H3,(H,26,30)(H,27,29)(H2,25,31,32). The van der Waals surface area contributed by atoms with Crippen molar-refractivity contribution >= 4 is 27.5 Å². The molecule has 2 rings (SSSR count). The third-order valence-corrected chi connectivity index (χ3v) is 5.67. The zero-order valence-electron chi connectivity index (χ0n) is 18.3. The highest BCUT2D eigenvalue weighted by Crippen LogP contribution is 2.23. The molecule has 2 aromatic carbocycles. The molecule has 0 saturated carbocycles. The lowest BCUT2D eigenvalue weighted by atomic mass is 10.1. The zero-order valence-corrected chi connectivity index (χ0v) is 19.1. The molecule has 0 heterocycles. The van der Waals surface area contributed by atoms with Crippen molar-refractivity contribution in [3.05, 3.63) is 58.7 Å². The van der Waals surface area contributed by atoms with Crippen LogP contribution in [0.15, 0.2) is 41.3 Å². The van der Waals surface area contributed by atoms with Crippen LogP contribution in [-0.2, 0) is 21.4 Å². The van der Waals surface area contributed by atoms with Crippen LogP contribution < -0.4 is 15.8 Å². The molecule has 0 atom stereocenters. The molecule has 4 N–H and O–H groups in total. The van der Waals surface area contributed by atoms with Crippen LogP contribution in [0.3, 0.4) is 0 Å². The number of benzene rings is 2. The largest absolute Gasteiger partial charge is 0.405 e. The molecule has 2 aromatic rings. The highest BCUT2D eigenvalue weighted by Gasteiger charge is 2.27. The molecule has 0 aromatic heterocycles. The van der Waals surface area contributed by atoms with Crippen molar-refractivity contribution in [1.29, 1.82) is 0 Å². The molecule has 0 unspecified atom stereocenters. The number of nitrogens with zero attached hydrogens (tertiary/aromatic N) is 1. The Labute approximate surface area is 190 Å². The van der Waals surface area contributed by atoms with Gasteiger partial charge >= 0.3 is 6.18 Å². The topological polar surface area (TPSA) is 122 Å². The third-order valence-electron chi connectivity index (χ3n) is 4.78. The van der Waals surface area contributed by atoms with Gasteiger partial charge in [-0.3, -0.25) is 14.5 Å². The minimum Gasteiger partial charge on any atom is -0.343 e. The number of alkyl halides is 3. The molecule has 0 fully saturated rings. The number of hydrogen-bond donors (Lipinski definition) is 3. The molecular weight excluding hydrogens is 461 g/mol. The summed E-state index contributed by atoms with van der Waals surface area (Å²) in [6, 6.07) is 8.71. The van der Waals surface area contributed by atoms with Gasteiger partial charge in [0, 0.05) is 17.8 Å². The molecular formula is C21H25F3N4O4S. The van der Waals surface area contributed by atoms with Gasteiger partial charge in [0.15, 0.2) is 0 Å². The van der Waals surface area contributed by atoms with E-state index in [0.717, 1.165) is 5.56 Å². The molecule has 0 saturated heterocycles. The zero-order chi connectivity index (χ0) is 25.0. The summed E-state index contributed by atoms with van der Waals surface area (Å²) in [6.45, 7) is 2.34. The Kier molecular flexibility index (Phi) is 8.22. The van der Waals surface area contributed by atoms with Crippen molar-refractivity contribution in [2.75, 3.05) is 25.5 Å². The maximum atomic E-state index is 12.5. The lowest BCUT2D eigenvalue weighted by Crippen LogP contribution is -2.33. The predicted molar refractivity (Wildman–Crippen MR) is 117 cm³/mol. The van der Waals surface area contributed by atoms with E-state index < -0.39 is 28.7 Å². The number of carbonyl (C=O) groups is 2. The van der Waals surface area contributed by atoms with E-state index in [2.05, 4.69) is 5.32 Å². The quantitative estimate of drug-likeness (QED) is 0.529. The molecule has 33 heavy (non-hydrogen) atoms. The van der Waals surface area contributed by atoms with Crippen LogP contribution in [-0.4, -0.2) is 51.4 Å². The average molecular weight is 487 g/mol. The number of rotatable bonds is 8. The number of amides is 2. The Morgan fingerprint density at radius 3 is 2.24 bits per heavy atom. The Morgan fingerprint density at radius 2 is 1.70 bits per heavy atom. The van der Waals surface area contributed by atoms with Gasteiger partial charge in [0.05, 0.1) is 11.4 Å². The lowest BCUT2D eigenvalue weighted by molar-refractivity contribution is -0.123. The summed E-state index contributed by atoms with van der Waals surface area (Å²) in [4.78, 5) is 25.8. The Bertz CT molecular complexity index is 1130. The first-order valence-electron chi connectivity index (χ1n) is 9.72. The summed E-state index contributed by atoms with van der Waals surface area (Å²) >= 11 is 0. The van der Waals surface area contributed by atoms with Gasteiger partial charge in [-0.25, -0.2) is 13.6 Å². The number of hydrogen-bond acceptors (Lipinski definition) is 5. The highest BCUT2D eigenvalue weighted by molar-refractivity contribution is 7.89.